The number of amides is 2. The van der Waals surface area contributed by atoms with E-state index in [1.165, 1.54) is 4.90 Å². The first-order chi connectivity index (χ1) is 21.5. The minimum absolute atomic E-state index is 0.0182. The predicted octanol–water partition coefficient (Wildman–Crippen LogP) is 7.90. The molecule has 0 spiro atoms. The van der Waals surface area contributed by atoms with E-state index in [1.807, 2.05) is 95.5 Å². The van der Waals surface area contributed by atoms with Crippen molar-refractivity contribution in [3.63, 3.8) is 0 Å². The van der Waals surface area contributed by atoms with Crippen LogP contribution in [0, 0.1) is 0 Å². The number of carbonyl (C=O) groups is 2. The quantitative estimate of drug-likeness (QED) is 0.122. The van der Waals surface area contributed by atoms with E-state index in [4.69, 9.17) is 17.0 Å². The molecule has 1 aliphatic heterocycles. The van der Waals surface area contributed by atoms with Crippen molar-refractivity contribution in [1.82, 2.24) is 9.72 Å². The van der Waals surface area contributed by atoms with E-state index in [0.717, 1.165) is 27.8 Å². The maximum Gasteiger partial charge on any atom is 0.270 e. The zero-order chi connectivity index (χ0) is 30.0. The third-order valence-corrected chi connectivity index (χ3v) is 7.75. The van der Waals surface area contributed by atoms with E-state index in [1.54, 1.807) is 30.3 Å². The number of para-hydroxylation sites is 1. The fourth-order valence-electron chi connectivity index (χ4n) is 5.32. The molecule has 0 saturated carbocycles. The number of carbonyl (C=O) groups excluding carboxylic acids is 2. The minimum atomic E-state index is -0.546. The van der Waals surface area contributed by atoms with Gasteiger partial charge >= 0.3 is 0 Å². The molecule has 212 valence electrons. The first-order valence-corrected chi connectivity index (χ1v) is 14.5. The van der Waals surface area contributed by atoms with Crippen LogP contribution >= 0.6 is 12.2 Å². The Balaban J connectivity index is 1.28. The van der Waals surface area contributed by atoms with Crippen LogP contribution in [0.2, 0.25) is 0 Å². The van der Waals surface area contributed by atoms with E-state index in [9.17, 15) is 9.59 Å². The van der Waals surface area contributed by atoms with Crippen molar-refractivity contribution < 1.29 is 14.3 Å². The molecule has 7 rings (SSSR count). The maximum absolute atomic E-state index is 13.9. The van der Waals surface area contributed by atoms with Gasteiger partial charge in [-0.2, -0.15) is 0 Å². The van der Waals surface area contributed by atoms with Crippen LogP contribution in [0.4, 0.5) is 5.69 Å². The molecular formula is C37H25N3O3S. The summed E-state index contributed by atoms with van der Waals surface area (Å²) in [5.74, 6) is 0.254. The highest BCUT2D eigenvalue weighted by Gasteiger charge is 2.35. The first-order valence-electron chi connectivity index (χ1n) is 14.1. The smallest absolute Gasteiger partial charge is 0.270 e. The Morgan fingerprint density at radius 1 is 0.659 bits per heavy atom. The summed E-state index contributed by atoms with van der Waals surface area (Å²) in [6, 6.07) is 42.7. The third kappa shape index (κ3) is 5.17. The number of thiocarbonyl (C=S) groups is 1. The van der Waals surface area contributed by atoms with Crippen molar-refractivity contribution in [2.45, 2.75) is 0 Å². The number of aromatic nitrogens is 1. The number of benzene rings is 4. The van der Waals surface area contributed by atoms with Crippen LogP contribution in [0.3, 0.4) is 0 Å². The van der Waals surface area contributed by atoms with E-state index in [-0.39, 0.29) is 10.7 Å². The van der Waals surface area contributed by atoms with Gasteiger partial charge in [0.2, 0.25) is 0 Å². The number of ether oxygens (including phenoxy) is 1. The Kier molecular flexibility index (Phi) is 7.06. The van der Waals surface area contributed by atoms with Crippen LogP contribution < -0.4 is 15.0 Å². The summed E-state index contributed by atoms with van der Waals surface area (Å²) >= 11 is 5.45. The van der Waals surface area contributed by atoms with Crippen LogP contribution in [0.15, 0.2) is 145 Å². The van der Waals surface area contributed by atoms with Gasteiger partial charge < -0.3 is 9.14 Å². The Hall–Kier alpha value is -5.79. The van der Waals surface area contributed by atoms with Gasteiger partial charge in [-0.1, -0.05) is 78.9 Å². The van der Waals surface area contributed by atoms with Crippen LogP contribution in [-0.4, -0.2) is 21.3 Å². The molecule has 0 atom stereocenters. The standard InChI is InChI=1S/C37H25N3O3S/c41-35-33(36(42)40(37(44)38-35)28-16-18-31(19-17-28)43-30-14-8-3-9-15-30)24-34-32(26-12-6-2-7-13-26)23-29-22-27(20-21-39(29)34)25-10-4-1-5-11-25/h1-24H,(H,38,41,44). The number of nitrogens with one attached hydrogen (secondary N) is 1. The van der Waals surface area contributed by atoms with Gasteiger partial charge in [0, 0.05) is 17.3 Å². The zero-order valence-electron chi connectivity index (χ0n) is 23.4. The minimum Gasteiger partial charge on any atom is -0.457 e. The summed E-state index contributed by atoms with van der Waals surface area (Å²) in [5, 5.41) is 2.72. The van der Waals surface area contributed by atoms with Crippen molar-refractivity contribution in [3.05, 3.63) is 151 Å². The molecule has 2 aromatic heterocycles. The average molecular weight is 592 g/mol. The van der Waals surface area contributed by atoms with Gasteiger partial charge in [0.05, 0.1) is 11.4 Å². The molecule has 6 aromatic rings. The highest BCUT2D eigenvalue weighted by Crippen LogP contribution is 2.33. The lowest BCUT2D eigenvalue weighted by Crippen LogP contribution is -2.54. The van der Waals surface area contributed by atoms with Crippen molar-refractivity contribution in [3.8, 4) is 33.8 Å². The van der Waals surface area contributed by atoms with E-state index in [0.29, 0.717) is 22.9 Å². The highest BCUT2D eigenvalue weighted by atomic mass is 32.1. The molecule has 2 amide bonds. The second-order valence-corrected chi connectivity index (χ2v) is 10.6. The molecular weight excluding hydrogens is 566 g/mol. The Bertz CT molecular complexity index is 2050. The van der Waals surface area contributed by atoms with Crippen LogP contribution in [0.25, 0.3) is 33.8 Å². The normalized spacial score (nSPS) is 14.2. The Morgan fingerprint density at radius 3 is 1.95 bits per heavy atom. The lowest BCUT2D eigenvalue weighted by Gasteiger charge is -2.29. The van der Waals surface area contributed by atoms with Gasteiger partial charge in [-0.25, -0.2) is 0 Å². The number of fused-ring (bicyclic) bond motifs is 1. The molecule has 0 radical (unpaired) electrons. The molecule has 0 bridgehead atoms. The average Bonchev–Trinajstić information content (AvgIpc) is 3.42. The van der Waals surface area contributed by atoms with Crippen LogP contribution in [0.1, 0.15) is 5.69 Å². The summed E-state index contributed by atoms with van der Waals surface area (Å²) < 4.78 is 7.89. The summed E-state index contributed by atoms with van der Waals surface area (Å²) in [6.07, 6.45) is 3.62. The lowest BCUT2D eigenvalue weighted by molar-refractivity contribution is -0.122. The largest absolute Gasteiger partial charge is 0.457 e. The first kappa shape index (κ1) is 27.1. The Morgan fingerprint density at radius 2 is 1.27 bits per heavy atom. The Labute approximate surface area is 259 Å². The van der Waals surface area contributed by atoms with Gasteiger partial charge in [-0.05, 0) is 89.6 Å². The van der Waals surface area contributed by atoms with Crippen molar-refractivity contribution in [2.75, 3.05) is 4.90 Å². The second-order valence-electron chi connectivity index (χ2n) is 10.3. The molecule has 0 unspecified atom stereocenters. The fraction of sp³-hybridized carbons (Fsp3) is 0. The molecule has 6 nitrogen and oxygen atoms in total. The molecule has 7 heteroatoms. The summed E-state index contributed by atoms with van der Waals surface area (Å²) in [7, 11) is 0. The molecule has 1 saturated heterocycles. The van der Waals surface area contributed by atoms with E-state index < -0.39 is 11.8 Å². The maximum atomic E-state index is 13.9. The van der Waals surface area contributed by atoms with Crippen LogP contribution in [-0.2, 0) is 9.59 Å². The number of nitrogens with zero attached hydrogens (tertiary/aromatic N) is 2. The highest BCUT2D eigenvalue weighted by molar-refractivity contribution is 7.80. The molecule has 44 heavy (non-hydrogen) atoms. The summed E-state index contributed by atoms with van der Waals surface area (Å²) in [6.45, 7) is 0. The molecule has 1 fully saturated rings. The number of anilines is 1. The van der Waals surface area contributed by atoms with Crippen molar-refractivity contribution >= 4 is 46.4 Å². The SMILES string of the molecule is O=C1NC(=S)N(c2ccc(Oc3ccccc3)cc2)C(=O)C1=Cc1c(-c2ccccc2)cc2cc(-c3ccccc3)ccn12. The predicted molar refractivity (Wildman–Crippen MR) is 177 cm³/mol. The van der Waals surface area contributed by atoms with Gasteiger partial charge in [0.25, 0.3) is 11.8 Å². The van der Waals surface area contributed by atoms with Gasteiger partial charge in [0.1, 0.15) is 17.1 Å². The zero-order valence-corrected chi connectivity index (χ0v) is 24.2. The van der Waals surface area contributed by atoms with Gasteiger partial charge in [0.15, 0.2) is 5.11 Å². The van der Waals surface area contributed by atoms with Crippen LogP contribution in [0.5, 0.6) is 11.5 Å². The number of hydrogen-bond acceptors (Lipinski definition) is 4. The molecule has 1 N–H and O–H groups in total. The molecule has 3 heterocycles. The van der Waals surface area contributed by atoms with E-state index in [2.05, 4.69) is 29.6 Å². The van der Waals surface area contributed by atoms with Gasteiger partial charge in [-0.15, -0.1) is 0 Å². The third-order valence-electron chi connectivity index (χ3n) is 7.46. The second kappa shape index (κ2) is 11.5. The summed E-state index contributed by atoms with van der Waals surface area (Å²) in [4.78, 5) is 28.5. The topological polar surface area (TPSA) is 63.1 Å². The number of hydrogen-bond donors (Lipinski definition) is 1. The number of rotatable bonds is 6. The van der Waals surface area contributed by atoms with Crippen molar-refractivity contribution in [1.29, 1.82) is 0 Å². The molecule has 4 aromatic carbocycles. The molecule has 1 aliphatic rings. The van der Waals surface area contributed by atoms with Gasteiger partial charge in [-0.3, -0.25) is 19.8 Å². The number of pyridine rings is 1. The van der Waals surface area contributed by atoms with E-state index >= 15 is 0 Å². The van der Waals surface area contributed by atoms with Crippen molar-refractivity contribution in [2.24, 2.45) is 0 Å². The summed E-state index contributed by atoms with van der Waals surface area (Å²) in [5.41, 5.74) is 6.17. The fourth-order valence-corrected chi connectivity index (χ4v) is 5.60. The lowest BCUT2D eigenvalue weighted by atomic mass is 10.0. The molecule has 0 aliphatic carbocycles. The monoisotopic (exact) mass is 591 g/mol.